The second-order valence-electron chi connectivity index (χ2n) is 10.5. The van der Waals surface area contributed by atoms with E-state index in [1.807, 2.05) is 20.8 Å². The van der Waals surface area contributed by atoms with Gasteiger partial charge in [0.05, 0.1) is 24.8 Å². The molecule has 1 aliphatic heterocycles. The fraction of sp³-hybridized carbons (Fsp3) is 0.640. The van der Waals surface area contributed by atoms with E-state index in [4.69, 9.17) is 14.2 Å². The monoisotopic (exact) mass is 460 g/mol. The van der Waals surface area contributed by atoms with E-state index in [1.54, 1.807) is 45.0 Å². The van der Waals surface area contributed by atoms with Crippen molar-refractivity contribution in [2.75, 3.05) is 13.7 Å². The number of fused-ring (bicyclic) bond motifs is 1. The van der Waals surface area contributed by atoms with Gasteiger partial charge in [-0.3, -0.25) is 4.79 Å². The van der Waals surface area contributed by atoms with Gasteiger partial charge in [0.1, 0.15) is 11.1 Å². The first-order chi connectivity index (χ1) is 15.3. The van der Waals surface area contributed by atoms with Gasteiger partial charge in [-0.25, -0.2) is 9.59 Å². The van der Waals surface area contributed by atoms with E-state index in [-0.39, 0.29) is 24.0 Å². The lowest BCUT2D eigenvalue weighted by atomic mass is 9.45. The molecule has 0 spiro atoms. The van der Waals surface area contributed by atoms with E-state index in [0.29, 0.717) is 12.2 Å². The predicted molar refractivity (Wildman–Crippen MR) is 123 cm³/mol. The summed E-state index contributed by atoms with van der Waals surface area (Å²) in [5.41, 5.74) is -1.22. The summed E-state index contributed by atoms with van der Waals surface area (Å²) in [5, 5.41) is 6.03. The molecule has 1 aliphatic carbocycles. The number of amides is 2. The number of methoxy groups -OCH3 is 1. The highest BCUT2D eigenvalue weighted by molar-refractivity contribution is 5.93. The van der Waals surface area contributed by atoms with Crippen molar-refractivity contribution in [2.24, 2.45) is 11.3 Å². The Labute approximate surface area is 195 Å². The highest BCUT2D eigenvalue weighted by atomic mass is 16.6. The molecule has 1 heterocycles. The van der Waals surface area contributed by atoms with Crippen LogP contribution in [0, 0.1) is 11.3 Å². The molecule has 1 aromatic rings. The highest BCUT2D eigenvalue weighted by Crippen LogP contribution is 2.59. The van der Waals surface area contributed by atoms with Gasteiger partial charge in [-0.15, -0.1) is 0 Å². The molecular formula is C25H36N2O6. The van der Waals surface area contributed by atoms with Crippen LogP contribution >= 0.6 is 0 Å². The Hall–Kier alpha value is -2.61. The predicted octanol–water partition coefficient (Wildman–Crippen LogP) is 3.75. The van der Waals surface area contributed by atoms with Crippen LogP contribution in [-0.4, -0.2) is 48.9 Å². The van der Waals surface area contributed by atoms with Gasteiger partial charge in [0, 0.05) is 17.9 Å². The maximum absolute atomic E-state index is 13.8. The molecule has 2 amide bonds. The van der Waals surface area contributed by atoms with Crippen LogP contribution in [0.5, 0.6) is 0 Å². The van der Waals surface area contributed by atoms with Crippen LogP contribution in [-0.2, 0) is 19.0 Å². The van der Waals surface area contributed by atoms with Gasteiger partial charge in [-0.1, -0.05) is 26.0 Å². The summed E-state index contributed by atoms with van der Waals surface area (Å²) in [7, 11) is 1.33. The maximum Gasteiger partial charge on any atom is 0.408 e. The number of esters is 1. The number of carbonyl (C=O) groups is 3. The molecule has 8 heteroatoms. The Bertz CT molecular complexity index is 904. The van der Waals surface area contributed by atoms with Crippen molar-refractivity contribution in [1.29, 1.82) is 0 Å². The SMILES string of the molecule is COC(=O)c1ccc([C@H](C)NC(=O)C2(NC(=O)OC(C)(C)C)C3CCCOC3C2(C)C)cc1. The zero-order valence-electron chi connectivity index (χ0n) is 20.6. The first kappa shape index (κ1) is 25.0. The lowest BCUT2D eigenvalue weighted by Crippen LogP contribution is -2.84. The van der Waals surface area contributed by atoms with E-state index in [0.717, 1.165) is 18.4 Å². The summed E-state index contributed by atoms with van der Waals surface area (Å²) < 4.78 is 16.3. The number of nitrogens with one attached hydrogen (secondary N) is 2. The van der Waals surface area contributed by atoms with Crippen molar-refractivity contribution in [2.45, 2.75) is 77.7 Å². The van der Waals surface area contributed by atoms with E-state index >= 15 is 0 Å². The molecule has 182 valence electrons. The Balaban J connectivity index is 1.85. The van der Waals surface area contributed by atoms with E-state index in [1.165, 1.54) is 7.11 Å². The van der Waals surface area contributed by atoms with Crippen molar-refractivity contribution < 1.29 is 28.6 Å². The fourth-order valence-electron chi connectivity index (χ4n) is 5.20. The highest BCUT2D eigenvalue weighted by Gasteiger charge is 2.73. The number of benzene rings is 1. The van der Waals surface area contributed by atoms with Crippen molar-refractivity contribution in [3.05, 3.63) is 35.4 Å². The maximum atomic E-state index is 13.8. The molecule has 3 rings (SSSR count). The summed E-state index contributed by atoms with van der Waals surface area (Å²) in [5.74, 6) is -0.837. The lowest BCUT2D eigenvalue weighted by molar-refractivity contribution is -0.233. The first-order valence-corrected chi connectivity index (χ1v) is 11.5. The molecule has 0 bridgehead atoms. The van der Waals surface area contributed by atoms with Crippen LogP contribution in [0.2, 0.25) is 0 Å². The quantitative estimate of drug-likeness (QED) is 0.649. The minimum absolute atomic E-state index is 0.124. The number of carbonyl (C=O) groups excluding carboxylic acids is 3. The van der Waals surface area contributed by atoms with Gasteiger partial charge < -0.3 is 24.8 Å². The molecule has 0 radical (unpaired) electrons. The van der Waals surface area contributed by atoms with Crippen LogP contribution in [0.3, 0.4) is 0 Å². The number of alkyl carbamates (subject to hydrolysis) is 1. The smallest absolute Gasteiger partial charge is 0.408 e. The number of hydrogen-bond acceptors (Lipinski definition) is 6. The zero-order chi connectivity index (χ0) is 24.6. The molecule has 0 aromatic heterocycles. The second-order valence-corrected chi connectivity index (χ2v) is 10.5. The van der Waals surface area contributed by atoms with Crippen molar-refractivity contribution in [1.82, 2.24) is 10.6 Å². The van der Waals surface area contributed by atoms with Crippen molar-refractivity contribution >= 4 is 18.0 Å². The van der Waals surface area contributed by atoms with E-state index in [9.17, 15) is 14.4 Å². The number of ether oxygens (including phenoxy) is 3. The van der Waals surface area contributed by atoms with Crippen LogP contribution in [0.15, 0.2) is 24.3 Å². The third-order valence-corrected chi connectivity index (χ3v) is 6.84. The summed E-state index contributed by atoms with van der Waals surface area (Å²) in [6.45, 7) is 11.8. The zero-order valence-corrected chi connectivity index (χ0v) is 20.6. The van der Waals surface area contributed by atoms with Crippen molar-refractivity contribution in [3.63, 3.8) is 0 Å². The molecule has 33 heavy (non-hydrogen) atoms. The largest absolute Gasteiger partial charge is 0.465 e. The van der Waals surface area contributed by atoms with E-state index < -0.39 is 28.6 Å². The molecule has 3 unspecified atom stereocenters. The van der Waals surface area contributed by atoms with Gasteiger partial charge >= 0.3 is 12.1 Å². The van der Waals surface area contributed by atoms with Gasteiger partial charge in [-0.05, 0) is 58.2 Å². The Morgan fingerprint density at radius 3 is 2.36 bits per heavy atom. The van der Waals surface area contributed by atoms with Gasteiger partial charge in [0.15, 0.2) is 0 Å². The fourth-order valence-corrected chi connectivity index (χ4v) is 5.20. The molecule has 1 saturated heterocycles. The third-order valence-electron chi connectivity index (χ3n) is 6.84. The summed E-state index contributed by atoms with van der Waals surface area (Å²) in [6, 6.07) is 6.54. The standard InChI is InChI=1S/C25H36N2O6/c1-15(16-10-12-17(13-11-16)20(28)31-7)26-21(29)25(27-22(30)33-23(2,3)4)18-9-8-14-32-19(18)24(25,5)6/h10-13,15,18-19H,8-9,14H2,1-7H3,(H,26,29)(H,27,30)/t15-,18?,19?,25?/m0/s1. The summed E-state index contributed by atoms with van der Waals surface area (Å²) in [4.78, 5) is 38.3. The summed E-state index contributed by atoms with van der Waals surface area (Å²) >= 11 is 0. The first-order valence-electron chi connectivity index (χ1n) is 11.5. The van der Waals surface area contributed by atoms with Crippen molar-refractivity contribution in [3.8, 4) is 0 Å². The summed E-state index contributed by atoms with van der Waals surface area (Å²) in [6.07, 6.45) is 0.859. The number of rotatable bonds is 5. The molecule has 1 aromatic carbocycles. The molecule has 8 nitrogen and oxygen atoms in total. The molecule has 2 N–H and O–H groups in total. The van der Waals surface area contributed by atoms with Gasteiger partial charge in [0.25, 0.3) is 0 Å². The average molecular weight is 461 g/mol. The molecule has 2 fully saturated rings. The molecule has 1 saturated carbocycles. The Kier molecular flexibility index (Phi) is 6.80. The van der Waals surface area contributed by atoms with E-state index in [2.05, 4.69) is 10.6 Å². The number of hydrogen-bond donors (Lipinski definition) is 2. The Morgan fingerprint density at radius 1 is 1.15 bits per heavy atom. The Morgan fingerprint density at radius 2 is 1.79 bits per heavy atom. The van der Waals surface area contributed by atoms with Crippen LogP contribution in [0.1, 0.15) is 76.3 Å². The van der Waals surface area contributed by atoms with Crippen LogP contribution < -0.4 is 10.6 Å². The lowest BCUT2D eigenvalue weighted by Gasteiger charge is -2.66. The molecular weight excluding hydrogens is 424 g/mol. The van der Waals surface area contributed by atoms with Gasteiger partial charge in [0.2, 0.25) is 5.91 Å². The second kappa shape index (κ2) is 8.97. The third kappa shape index (κ3) is 4.58. The topological polar surface area (TPSA) is 103 Å². The molecule has 2 aliphatic rings. The van der Waals surface area contributed by atoms with Crippen LogP contribution in [0.4, 0.5) is 4.79 Å². The molecule has 4 atom stereocenters. The normalized spacial score (nSPS) is 26.8. The average Bonchev–Trinajstić information content (AvgIpc) is 2.75. The van der Waals surface area contributed by atoms with Crippen LogP contribution in [0.25, 0.3) is 0 Å². The minimum atomic E-state index is -1.17. The minimum Gasteiger partial charge on any atom is -0.465 e. The van der Waals surface area contributed by atoms with Gasteiger partial charge in [-0.2, -0.15) is 0 Å².